The van der Waals surface area contributed by atoms with E-state index in [0.717, 1.165) is 17.8 Å². The molecule has 0 saturated heterocycles. The lowest BCUT2D eigenvalue weighted by atomic mass is 9.69. The molecule has 0 spiro atoms. The van der Waals surface area contributed by atoms with Crippen LogP contribution in [-0.4, -0.2) is 5.11 Å². The van der Waals surface area contributed by atoms with E-state index in [1.54, 1.807) is 6.07 Å². The van der Waals surface area contributed by atoms with E-state index in [0.29, 0.717) is 11.5 Å². The maximum Gasteiger partial charge on any atom is 0.152 e. The van der Waals surface area contributed by atoms with Gasteiger partial charge >= 0.3 is 0 Å². The maximum atomic E-state index is 14.0. The first-order chi connectivity index (χ1) is 11.5. The molecule has 1 N–H and O–H groups in total. The number of hydrogen-bond donors (Lipinski definition) is 1. The number of allylic oxidation sites excluding steroid dienone is 1. The number of benzene rings is 1. The van der Waals surface area contributed by atoms with E-state index >= 15 is 0 Å². The van der Waals surface area contributed by atoms with Crippen LogP contribution in [0.25, 0.3) is 6.08 Å². The minimum Gasteiger partial charge on any atom is -0.506 e. The first-order valence-electron chi connectivity index (χ1n) is 9.39. The molecule has 2 saturated carbocycles. The highest BCUT2D eigenvalue weighted by Crippen LogP contribution is 2.41. The first kappa shape index (κ1) is 17.8. The molecule has 2 aliphatic rings. The summed E-state index contributed by atoms with van der Waals surface area (Å²) in [6, 6.07) is 3.04. The quantitative estimate of drug-likeness (QED) is 0.633. The summed E-state index contributed by atoms with van der Waals surface area (Å²) in [6.07, 6.45) is 14.7. The molecule has 3 rings (SSSR count). The van der Waals surface area contributed by atoms with Gasteiger partial charge in [0.25, 0.3) is 0 Å². The topological polar surface area (TPSA) is 20.2 Å². The molecule has 3 heteroatoms. The van der Waals surface area contributed by atoms with Crippen molar-refractivity contribution in [1.29, 1.82) is 0 Å². The third kappa shape index (κ3) is 4.14. The lowest BCUT2D eigenvalue weighted by Gasteiger charge is -2.36. The SMILES string of the molecule is CC1CCC(C2CCC(/C=C/c3ccc(O)c(Cl)c3F)CC2)CC1. The second-order valence-corrected chi connectivity index (χ2v) is 8.23. The van der Waals surface area contributed by atoms with Crippen LogP contribution >= 0.6 is 11.6 Å². The molecule has 1 aromatic rings. The van der Waals surface area contributed by atoms with E-state index in [1.807, 2.05) is 6.08 Å². The van der Waals surface area contributed by atoms with Gasteiger partial charge in [0.05, 0.1) is 0 Å². The smallest absolute Gasteiger partial charge is 0.152 e. The Morgan fingerprint density at radius 1 is 1.00 bits per heavy atom. The van der Waals surface area contributed by atoms with Crippen molar-refractivity contribution >= 4 is 17.7 Å². The van der Waals surface area contributed by atoms with Crippen molar-refractivity contribution in [2.45, 2.75) is 58.3 Å². The zero-order chi connectivity index (χ0) is 17.1. The highest BCUT2D eigenvalue weighted by atomic mass is 35.5. The van der Waals surface area contributed by atoms with Gasteiger partial charge in [0, 0.05) is 5.56 Å². The molecule has 1 nitrogen and oxygen atoms in total. The van der Waals surface area contributed by atoms with Gasteiger partial charge in [0.1, 0.15) is 10.8 Å². The van der Waals surface area contributed by atoms with Crippen LogP contribution in [-0.2, 0) is 0 Å². The summed E-state index contributed by atoms with van der Waals surface area (Å²) in [5.41, 5.74) is 0.459. The Kier molecular flexibility index (Phi) is 5.86. The number of hydrogen-bond acceptors (Lipinski definition) is 1. The Morgan fingerprint density at radius 3 is 2.21 bits per heavy atom. The highest BCUT2D eigenvalue weighted by molar-refractivity contribution is 6.32. The van der Waals surface area contributed by atoms with E-state index in [9.17, 15) is 9.50 Å². The molecule has 24 heavy (non-hydrogen) atoms. The zero-order valence-corrected chi connectivity index (χ0v) is 15.2. The molecule has 0 bridgehead atoms. The number of halogens is 2. The van der Waals surface area contributed by atoms with Crippen LogP contribution in [0, 0.1) is 29.5 Å². The number of rotatable bonds is 3. The van der Waals surface area contributed by atoms with Gasteiger partial charge in [0.15, 0.2) is 5.82 Å². The minimum absolute atomic E-state index is 0.188. The minimum atomic E-state index is -0.530. The highest BCUT2D eigenvalue weighted by Gasteiger charge is 2.29. The third-order valence-corrected chi connectivity index (χ3v) is 6.54. The molecule has 0 radical (unpaired) electrons. The molecule has 0 amide bonds. The molecule has 132 valence electrons. The molecule has 0 aromatic heterocycles. The fraction of sp³-hybridized carbons (Fsp3) is 0.619. The van der Waals surface area contributed by atoms with Gasteiger partial charge in [-0.3, -0.25) is 0 Å². The lowest BCUT2D eigenvalue weighted by molar-refractivity contribution is 0.160. The molecule has 2 fully saturated rings. The van der Waals surface area contributed by atoms with Gasteiger partial charge < -0.3 is 5.11 Å². The third-order valence-electron chi connectivity index (χ3n) is 6.18. The van der Waals surface area contributed by atoms with Gasteiger partial charge in [-0.25, -0.2) is 4.39 Å². The van der Waals surface area contributed by atoms with Crippen molar-refractivity contribution in [3.8, 4) is 5.75 Å². The van der Waals surface area contributed by atoms with Crippen molar-refractivity contribution < 1.29 is 9.50 Å². The molecule has 1 aromatic carbocycles. The largest absolute Gasteiger partial charge is 0.506 e. The van der Waals surface area contributed by atoms with Crippen LogP contribution in [0.15, 0.2) is 18.2 Å². The second-order valence-electron chi connectivity index (χ2n) is 7.86. The normalized spacial score (nSPS) is 31.5. The van der Waals surface area contributed by atoms with E-state index in [4.69, 9.17) is 11.6 Å². The van der Waals surface area contributed by atoms with Gasteiger partial charge in [0.2, 0.25) is 0 Å². The van der Waals surface area contributed by atoms with E-state index in [-0.39, 0.29) is 10.8 Å². The predicted molar refractivity (Wildman–Crippen MR) is 98.7 cm³/mol. The number of aromatic hydroxyl groups is 1. The summed E-state index contributed by atoms with van der Waals surface area (Å²) in [7, 11) is 0. The monoisotopic (exact) mass is 350 g/mol. The van der Waals surface area contributed by atoms with E-state index in [2.05, 4.69) is 13.0 Å². The van der Waals surface area contributed by atoms with Crippen molar-refractivity contribution in [2.75, 3.05) is 0 Å². The van der Waals surface area contributed by atoms with Gasteiger partial charge in [-0.2, -0.15) is 0 Å². The molecule has 0 aliphatic heterocycles. The summed E-state index contributed by atoms with van der Waals surface area (Å²) in [4.78, 5) is 0. The van der Waals surface area contributed by atoms with Crippen molar-refractivity contribution in [1.82, 2.24) is 0 Å². The summed E-state index contributed by atoms with van der Waals surface area (Å²) in [5.74, 6) is 2.58. The molecule has 0 unspecified atom stereocenters. The van der Waals surface area contributed by atoms with Crippen LogP contribution in [0.3, 0.4) is 0 Å². The summed E-state index contributed by atoms with van der Waals surface area (Å²) >= 11 is 5.76. The zero-order valence-electron chi connectivity index (χ0n) is 14.5. The summed E-state index contributed by atoms with van der Waals surface area (Å²) < 4.78 is 14.0. The number of phenols is 1. The van der Waals surface area contributed by atoms with Crippen molar-refractivity contribution in [3.05, 3.63) is 34.6 Å². The summed E-state index contributed by atoms with van der Waals surface area (Å²) in [5, 5.41) is 9.23. The van der Waals surface area contributed by atoms with Gasteiger partial charge in [-0.05, 0) is 74.3 Å². The van der Waals surface area contributed by atoms with E-state index in [1.165, 1.54) is 57.4 Å². The van der Waals surface area contributed by atoms with Crippen molar-refractivity contribution in [3.63, 3.8) is 0 Å². The Hall–Kier alpha value is -1.02. The van der Waals surface area contributed by atoms with Gasteiger partial charge in [-0.1, -0.05) is 43.5 Å². The lowest BCUT2D eigenvalue weighted by Crippen LogP contribution is -2.24. The van der Waals surface area contributed by atoms with Crippen LogP contribution in [0.1, 0.15) is 63.9 Å². The average molecular weight is 351 g/mol. The Morgan fingerprint density at radius 2 is 1.58 bits per heavy atom. The molecule has 2 aliphatic carbocycles. The van der Waals surface area contributed by atoms with Crippen LogP contribution in [0.4, 0.5) is 4.39 Å². The molecular formula is C21H28ClFO. The Labute approximate surface area is 149 Å². The average Bonchev–Trinajstić information content (AvgIpc) is 2.60. The van der Waals surface area contributed by atoms with Gasteiger partial charge in [-0.15, -0.1) is 0 Å². The number of phenolic OH excluding ortho intramolecular Hbond substituents is 1. The van der Waals surface area contributed by atoms with E-state index < -0.39 is 5.82 Å². The standard InChI is InChI=1S/C21H28ClFO/c1-14-2-7-16(8-3-14)17-9-4-15(5-10-17)6-11-18-12-13-19(24)20(22)21(18)23/h6,11-17,24H,2-5,7-10H2,1H3/b11-6+. The Bertz CT molecular complexity index is 582. The van der Waals surface area contributed by atoms with Crippen LogP contribution in [0.2, 0.25) is 5.02 Å². The Balaban J connectivity index is 1.53. The second kappa shape index (κ2) is 7.91. The summed E-state index contributed by atoms with van der Waals surface area (Å²) in [6.45, 7) is 2.38. The van der Waals surface area contributed by atoms with Crippen LogP contribution < -0.4 is 0 Å². The predicted octanol–water partition coefficient (Wildman–Crippen LogP) is 6.83. The maximum absolute atomic E-state index is 14.0. The van der Waals surface area contributed by atoms with Crippen LogP contribution in [0.5, 0.6) is 5.75 Å². The fourth-order valence-corrected chi connectivity index (χ4v) is 4.66. The molecule has 0 atom stereocenters. The first-order valence-corrected chi connectivity index (χ1v) is 9.77. The molecule has 0 heterocycles. The molecular weight excluding hydrogens is 323 g/mol. The van der Waals surface area contributed by atoms with Crippen molar-refractivity contribution in [2.24, 2.45) is 23.7 Å². The fourth-order valence-electron chi connectivity index (χ4n) is 4.49.